The minimum atomic E-state index is -0.217. The minimum absolute atomic E-state index is 0.102. The lowest BCUT2D eigenvalue weighted by Crippen LogP contribution is -2.24. The van der Waals surface area contributed by atoms with E-state index in [0.717, 1.165) is 10.2 Å². The first kappa shape index (κ1) is 16.0. The van der Waals surface area contributed by atoms with Crippen LogP contribution < -0.4 is 5.32 Å². The third kappa shape index (κ3) is 4.28. The molecule has 1 amide bonds. The SMILES string of the molecule is CC(C)(C)n1nnnc1SCC(=O)Nc1ccccc1Br. The highest BCUT2D eigenvalue weighted by molar-refractivity contribution is 9.10. The molecule has 0 saturated carbocycles. The van der Waals surface area contributed by atoms with E-state index >= 15 is 0 Å². The maximum Gasteiger partial charge on any atom is 0.234 e. The van der Waals surface area contributed by atoms with E-state index < -0.39 is 0 Å². The van der Waals surface area contributed by atoms with Crippen LogP contribution in [0.15, 0.2) is 33.9 Å². The van der Waals surface area contributed by atoms with Crippen LogP contribution in [0.25, 0.3) is 0 Å². The molecule has 1 aromatic carbocycles. The van der Waals surface area contributed by atoms with Gasteiger partial charge < -0.3 is 5.32 Å². The molecule has 112 valence electrons. The molecule has 0 aliphatic heterocycles. The predicted molar refractivity (Wildman–Crippen MR) is 86.3 cm³/mol. The molecule has 21 heavy (non-hydrogen) atoms. The number of aromatic nitrogens is 4. The van der Waals surface area contributed by atoms with Gasteiger partial charge in [0.2, 0.25) is 11.1 Å². The van der Waals surface area contributed by atoms with Crippen molar-refractivity contribution < 1.29 is 4.79 Å². The van der Waals surface area contributed by atoms with E-state index in [2.05, 4.69) is 36.8 Å². The zero-order chi connectivity index (χ0) is 15.5. The number of hydrogen-bond donors (Lipinski definition) is 1. The lowest BCUT2D eigenvalue weighted by Gasteiger charge is -2.19. The number of rotatable bonds is 4. The van der Waals surface area contributed by atoms with Gasteiger partial charge in [-0.1, -0.05) is 23.9 Å². The minimum Gasteiger partial charge on any atom is -0.324 e. The summed E-state index contributed by atoms with van der Waals surface area (Å²) in [6.45, 7) is 6.03. The van der Waals surface area contributed by atoms with Gasteiger partial charge in [0.25, 0.3) is 0 Å². The normalized spacial score (nSPS) is 11.4. The number of para-hydroxylation sites is 1. The highest BCUT2D eigenvalue weighted by Gasteiger charge is 2.20. The molecule has 1 aromatic heterocycles. The van der Waals surface area contributed by atoms with Crippen LogP contribution in [0.3, 0.4) is 0 Å². The molecule has 0 spiro atoms. The van der Waals surface area contributed by atoms with Crippen molar-refractivity contribution >= 4 is 39.3 Å². The van der Waals surface area contributed by atoms with Gasteiger partial charge in [0, 0.05) is 4.47 Å². The molecule has 8 heteroatoms. The summed E-state index contributed by atoms with van der Waals surface area (Å²) < 4.78 is 2.56. The Bertz CT molecular complexity index is 637. The summed E-state index contributed by atoms with van der Waals surface area (Å²) in [7, 11) is 0. The van der Waals surface area contributed by atoms with Crippen LogP contribution >= 0.6 is 27.7 Å². The molecule has 0 fully saturated rings. The molecule has 1 heterocycles. The Balaban J connectivity index is 1.96. The fourth-order valence-corrected chi connectivity index (χ4v) is 2.81. The highest BCUT2D eigenvalue weighted by Crippen LogP contribution is 2.23. The second kappa shape index (κ2) is 6.57. The van der Waals surface area contributed by atoms with Crippen molar-refractivity contribution in [1.29, 1.82) is 0 Å². The number of thioether (sulfide) groups is 1. The highest BCUT2D eigenvalue weighted by atomic mass is 79.9. The second-order valence-electron chi connectivity index (χ2n) is 5.36. The van der Waals surface area contributed by atoms with Crippen LogP contribution in [-0.4, -0.2) is 31.9 Å². The van der Waals surface area contributed by atoms with E-state index in [0.29, 0.717) is 5.16 Å². The third-order valence-electron chi connectivity index (χ3n) is 2.56. The Morgan fingerprint density at radius 2 is 2.10 bits per heavy atom. The number of nitrogens with one attached hydrogen (secondary N) is 1. The van der Waals surface area contributed by atoms with Crippen LogP contribution in [0.4, 0.5) is 5.69 Å². The molecule has 0 unspecified atom stereocenters. The third-order valence-corrected chi connectivity index (χ3v) is 4.17. The van der Waals surface area contributed by atoms with Crippen LogP contribution in [-0.2, 0) is 10.3 Å². The smallest absolute Gasteiger partial charge is 0.234 e. The van der Waals surface area contributed by atoms with Gasteiger partial charge in [-0.2, -0.15) is 0 Å². The number of tetrazole rings is 1. The number of carbonyl (C=O) groups excluding carboxylic acids is 1. The van der Waals surface area contributed by atoms with Gasteiger partial charge in [0.1, 0.15) is 0 Å². The summed E-state index contributed by atoms with van der Waals surface area (Å²) in [6.07, 6.45) is 0. The molecule has 0 atom stereocenters. The summed E-state index contributed by atoms with van der Waals surface area (Å²) >= 11 is 4.71. The van der Waals surface area contributed by atoms with Crippen LogP contribution in [0.1, 0.15) is 20.8 Å². The molecule has 0 radical (unpaired) electrons. The standard InChI is InChI=1S/C13H16BrN5OS/c1-13(2,3)19-12(16-17-18-19)21-8-11(20)15-10-7-5-4-6-9(10)14/h4-7H,8H2,1-3H3,(H,15,20). The van der Waals surface area contributed by atoms with Crippen molar-refractivity contribution in [1.82, 2.24) is 20.2 Å². The number of halogens is 1. The zero-order valence-electron chi connectivity index (χ0n) is 12.0. The molecule has 0 saturated heterocycles. The van der Waals surface area contributed by atoms with Crippen molar-refractivity contribution in [2.75, 3.05) is 11.1 Å². The van der Waals surface area contributed by atoms with Crippen molar-refractivity contribution in [3.63, 3.8) is 0 Å². The maximum atomic E-state index is 12.0. The first-order valence-corrected chi connectivity index (χ1v) is 8.12. The summed E-state index contributed by atoms with van der Waals surface area (Å²) in [5.74, 6) is 0.146. The molecular weight excluding hydrogens is 354 g/mol. The van der Waals surface area contributed by atoms with Crippen molar-refractivity contribution in [3.8, 4) is 0 Å². The van der Waals surface area contributed by atoms with Gasteiger partial charge in [0.15, 0.2) is 0 Å². The van der Waals surface area contributed by atoms with E-state index in [1.54, 1.807) is 4.68 Å². The second-order valence-corrected chi connectivity index (χ2v) is 7.16. The number of hydrogen-bond acceptors (Lipinski definition) is 5. The van der Waals surface area contributed by atoms with Gasteiger partial charge in [-0.25, -0.2) is 4.68 Å². The average molecular weight is 370 g/mol. The van der Waals surface area contributed by atoms with E-state index in [4.69, 9.17) is 0 Å². The van der Waals surface area contributed by atoms with Gasteiger partial charge >= 0.3 is 0 Å². The topological polar surface area (TPSA) is 72.7 Å². The molecule has 0 aliphatic rings. The zero-order valence-corrected chi connectivity index (χ0v) is 14.4. The van der Waals surface area contributed by atoms with Crippen molar-refractivity contribution in [2.24, 2.45) is 0 Å². The molecule has 2 rings (SSSR count). The Morgan fingerprint density at radius 3 is 2.76 bits per heavy atom. The lowest BCUT2D eigenvalue weighted by molar-refractivity contribution is -0.113. The number of benzene rings is 1. The van der Waals surface area contributed by atoms with E-state index in [1.807, 2.05) is 45.0 Å². The summed E-state index contributed by atoms with van der Waals surface area (Å²) in [6, 6.07) is 7.48. The Morgan fingerprint density at radius 1 is 1.38 bits per heavy atom. The average Bonchev–Trinajstić information content (AvgIpc) is 2.87. The van der Waals surface area contributed by atoms with E-state index in [1.165, 1.54) is 11.8 Å². The molecule has 6 nitrogen and oxygen atoms in total. The Hall–Kier alpha value is -1.41. The molecule has 0 bridgehead atoms. The number of nitrogens with zero attached hydrogens (tertiary/aromatic N) is 4. The molecule has 0 aliphatic carbocycles. The van der Waals surface area contributed by atoms with Gasteiger partial charge in [-0.3, -0.25) is 4.79 Å². The van der Waals surface area contributed by atoms with Gasteiger partial charge in [-0.15, -0.1) is 5.10 Å². The summed E-state index contributed by atoms with van der Waals surface area (Å²) in [5.41, 5.74) is 0.531. The molecule has 1 N–H and O–H groups in total. The summed E-state index contributed by atoms with van der Waals surface area (Å²) in [4.78, 5) is 12.0. The number of carbonyl (C=O) groups is 1. The maximum absolute atomic E-state index is 12.0. The van der Waals surface area contributed by atoms with Crippen LogP contribution in [0.2, 0.25) is 0 Å². The quantitative estimate of drug-likeness (QED) is 0.838. The number of anilines is 1. The van der Waals surface area contributed by atoms with E-state index in [9.17, 15) is 4.79 Å². The summed E-state index contributed by atoms with van der Waals surface area (Å²) in [5, 5.41) is 15.1. The van der Waals surface area contributed by atoms with Gasteiger partial charge in [0.05, 0.1) is 17.0 Å². The fraction of sp³-hybridized carbons (Fsp3) is 0.385. The van der Waals surface area contributed by atoms with Gasteiger partial charge in [-0.05, 0) is 59.3 Å². The monoisotopic (exact) mass is 369 g/mol. The first-order chi connectivity index (χ1) is 9.88. The Kier molecular flexibility index (Phi) is 5.00. The van der Waals surface area contributed by atoms with Crippen LogP contribution in [0.5, 0.6) is 0 Å². The van der Waals surface area contributed by atoms with E-state index in [-0.39, 0.29) is 17.2 Å². The molecule has 2 aromatic rings. The number of amides is 1. The Labute approximate surface area is 135 Å². The van der Waals surface area contributed by atoms with Crippen molar-refractivity contribution in [2.45, 2.75) is 31.5 Å². The fourth-order valence-electron chi connectivity index (χ4n) is 1.57. The molecular formula is C13H16BrN5OS. The first-order valence-electron chi connectivity index (χ1n) is 6.34. The predicted octanol–water partition coefficient (Wildman–Crippen LogP) is 2.92. The van der Waals surface area contributed by atoms with Crippen molar-refractivity contribution in [3.05, 3.63) is 28.7 Å². The van der Waals surface area contributed by atoms with Crippen LogP contribution in [0, 0.1) is 0 Å². The lowest BCUT2D eigenvalue weighted by atomic mass is 10.1. The largest absolute Gasteiger partial charge is 0.324 e.